The first kappa shape index (κ1) is 22.0. The van der Waals surface area contributed by atoms with E-state index in [-0.39, 0.29) is 24.2 Å². The van der Waals surface area contributed by atoms with Crippen LogP contribution < -0.4 is 20.1 Å². The highest BCUT2D eigenvalue weighted by molar-refractivity contribution is 7.89. The van der Waals surface area contributed by atoms with Crippen LogP contribution in [0.5, 0.6) is 11.5 Å². The molecule has 2 aliphatic heterocycles. The van der Waals surface area contributed by atoms with Crippen LogP contribution in [0.15, 0.2) is 47.6 Å². The molecule has 11 heteroatoms. The Balaban J connectivity index is 1.20. The molecule has 0 spiro atoms. The fraction of sp³-hybridized carbons (Fsp3) is 0.381. The Morgan fingerprint density at radius 3 is 2.56 bits per heavy atom. The Kier molecular flexibility index (Phi) is 6.56. The van der Waals surface area contributed by atoms with E-state index in [0.717, 1.165) is 5.56 Å². The number of fused-ring (bicyclic) bond motifs is 1. The molecule has 32 heavy (non-hydrogen) atoms. The summed E-state index contributed by atoms with van der Waals surface area (Å²) in [5.74, 6) is -0.0773. The maximum Gasteiger partial charge on any atom is 0.309 e. The topological polar surface area (TPSA) is 127 Å². The normalized spacial score (nSPS) is 16.5. The second-order valence-electron chi connectivity index (χ2n) is 7.62. The van der Waals surface area contributed by atoms with E-state index in [1.165, 1.54) is 22.8 Å². The third-order valence-corrected chi connectivity index (χ3v) is 7.38. The minimum absolute atomic E-state index is 0.0981. The Bertz CT molecular complexity index is 1080. The van der Waals surface area contributed by atoms with E-state index in [4.69, 9.17) is 9.47 Å². The number of hydrogen-bond donors (Lipinski definition) is 2. The first-order valence-electron chi connectivity index (χ1n) is 10.3. The van der Waals surface area contributed by atoms with Crippen LogP contribution in [0.1, 0.15) is 18.4 Å². The largest absolute Gasteiger partial charge is 0.454 e. The lowest BCUT2D eigenvalue weighted by Gasteiger charge is -2.31. The zero-order chi connectivity index (χ0) is 22.6. The molecule has 0 saturated carbocycles. The SMILES string of the molecule is O=C(NCc1ccc2c(c1)OCO2)C(=O)NCC1CCN(S(=O)(=O)c2cccnc2)CC1. The zero-order valence-corrected chi connectivity index (χ0v) is 18.1. The van der Waals surface area contributed by atoms with Crippen molar-refractivity contribution >= 4 is 21.8 Å². The van der Waals surface area contributed by atoms with Crippen LogP contribution in [0.3, 0.4) is 0 Å². The highest BCUT2D eigenvalue weighted by Crippen LogP contribution is 2.32. The number of piperidine rings is 1. The van der Waals surface area contributed by atoms with Crippen molar-refractivity contribution in [1.82, 2.24) is 19.9 Å². The van der Waals surface area contributed by atoms with Gasteiger partial charge >= 0.3 is 11.8 Å². The van der Waals surface area contributed by atoms with Crippen LogP contribution in [-0.4, -0.2) is 55.9 Å². The van der Waals surface area contributed by atoms with E-state index in [1.54, 1.807) is 24.3 Å². The molecule has 1 aromatic carbocycles. The molecule has 2 aliphatic rings. The molecule has 3 heterocycles. The summed E-state index contributed by atoms with van der Waals surface area (Å²) in [6.07, 6.45) is 4.06. The van der Waals surface area contributed by atoms with Gasteiger partial charge < -0.3 is 20.1 Å². The molecular formula is C21H24N4O6S. The Hall–Kier alpha value is -3.18. The summed E-state index contributed by atoms with van der Waals surface area (Å²) in [6, 6.07) is 8.42. The van der Waals surface area contributed by atoms with Gasteiger partial charge in [0.05, 0.1) is 0 Å². The minimum atomic E-state index is -3.57. The van der Waals surface area contributed by atoms with Crippen molar-refractivity contribution in [3.05, 3.63) is 48.3 Å². The van der Waals surface area contributed by atoms with Gasteiger partial charge in [0.25, 0.3) is 0 Å². The van der Waals surface area contributed by atoms with Crippen LogP contribution >= 0.6 is 0 Å². The average molecular weight is 461 g/mol. The van der Waals surface area contributed by atoms with Crippen molar-refractivity contribution in [1.29, 1.82) is 0 Å². The molecular weight excluding hydrogens is 436 g/mol. The third kappa shape index (κ3) is 5.00. The monoisotopic (exact) mass is 460 g/mol. The van der Waals surface area contributed by atoms with Gasteiger partial charge in [0.15, 0.2) is 11.5 Å². The Morgan fingerprint density at radius 1 is 1.06 bits per heavy atom. The molecule has 2 amide bonds. The highest BCUT2D eigenvalue weighted by Gasteiger charge is 2.30. The molecule has 1 saturated heterocycles. The molecule has 170 valence electrons. The molecule has 4 rings (SSSR count). The van der Waals surface area contributed by atoms with Crippen molar-refractivity contribution in [2.75, 3.05) is 26.4 Å². The number of amides is 2. The smallest absolute Gasteiger partial charge is 0.309 e. The number of carbonyl (C=O) groups is 2. The van der Waals surface area contributed by atoms with E-state index < -0.39 is 21.8 Å². The first-order valence-corrected chi connectivity index (χ1v) is 11.7. The predicted molar refractivity (Wildman–Crippen MR) is 113 cm³/mol. The van der Waals surface area contributed by atoms with Gasteiger partial charge in [-0.05, 0) is 48.6 Å². The van der Waals surface area contributed by atoms with E-state index in [2.05, 4.69) is 15.6 Å². The third-order valence-electron chi connectivity index (χ3n) is 5.49. The zero-order valence-electron chi connectivity index (χ0n) is 17.3. The summed E-state index contributed by atoms with van der Waals surface area (Å²) in [4.78, 5) is 28.3. The van der Waals surface area contributed by atoms with Crippen molar-refractivity contribution in [3.8, 4) is 11.5 Å². The molecule has 0 aliphatic carbocycles. The Morgan fingerprint density at radius 2 is 1.81 bits per heavy atom. The molecule has 0 bridgehead atoms. The molecule has 0 radical (unpaired) electrons. The molecule has 0 unspecified atom stereocenters. The summed E-state index contributed by atoms with van der Waals surface area (Å²) in [5, 5.41) is 5.22. The molecule has 2 aromatic rings. The maximum atomic E-state index is 12.6. The average Bonchev–Trinajstić information content (AvgIpc) is 3.30. The second kappa shape index (κ2) is 9.53. The van der Waals surface area contributed by atoms with Crippen molar-refractivity contribution in [2.45, 2.75) is 24.3 Å². The number of pyridine rings is 1. The lowest BCUT2D eigenvalue weighted by Crippen LogP contribution is -2.44. The van der Waals surface area contributed by atoms with Crippen molar-refractivity contribution < 1.29 is 27.5 Å². The molecule has 2 N–H and O–H groups in total. The number of hydrogen-bond acceptors (Lipinski definition) is 7. The van der Waals surface area contributed by atoms with Crippen molar-refractivity contribution in [3.63, 3.8) is 0 Å². The fourth-order valence-electron chi connectivity index (χ4n) is 3.63. The minimum Gasteiger partial charge on any atom is -0.454 e. The molecule has 1 fully saturated rings. The number of rotatable bonds is 6. The van der Waals surface area contributed by atoms with Crippen LogP contribution in [0.4, 0.5) is 0 Å². The number of carbonyl (C=O) groups excluding carboxylic acids is 2. The van der Waals surface area contributed by atoms with Gasteiger partial charge in [-0.2, -0.15) is 4.31 Å². The van der Waals surface area contributed by atoms with E-state index in [9.17, 15) is 18.0 Å². The van der Waals surface area contributed by atoms with Crippen LogP contribution in [-0.2, 0) is 26.2 Å². The standard InChI is InChI=1S/C21H24N4O6S/c26-20(21(27)24-12-16-3-4-18-19(10-16)31-14-30-18)23-11-15-5-8-25(9-6-15)32(28,29)17-2-1-7-22-13-17/h1-4,7,10,13,15H,5-6,8-9,11-12,14H2,(H,23,26)(H,24,27). The van der Waals surface area contributed by atoms with Gasteiger partial charge in [0.1, 0.15) is 4.90 Å². The number of nitrogens with one attached hydrogen (secondary N) is 2. The van der Waals surface area contributed by atoms with Gasteiger partial charge in [0, 0.05) is 38.6 Å². The lowest BCUT2D eigenvalue weighted by molar-refractivity contribution is -0.139. The first-order chi connectivity index (χ1) is 15.4. The number of benzene rings is 1. The van der Waals surface area contributed by atoms with Gasteiger partial charge in [-0.25, -0.2) is 8.42 Å². The van der Waals surface area contributed by atoms with Gasteiger partial charge in [-0.1, -0.05) is 6.07 Å². The number of ether oxygens (including phenoxy) is 2. The van der Waals surface area contributed by atoms with Crippen LogP contribution in [0, 0.1) is 5.92 Å². The number of sulfonamides is 1. The van der Waals surface area contributed by atoms with Crippen molar-refractivity contribution in [2.24, 2.45) is 5.92 Å². The number of nitrogens with zero attached hydrogens (tertiary/aromatic N) is 2. The van der Waals surface area contributed by atoms with Gasteiger partial charge in [-0.15, -0.1) is 0 Å². The van der Waals surface area contributed by atoms with E-state index >= 15 is 0 Å². The molecule has 1 aromatic heterocycles. The molecule has 0 atom stereocenters. The summed E-state index contributed by atoms with van der Waals surface area (Å²) in [7, 11) is -3.57. The Labute approximate surface area is 186 Å². The summed E-state index contributed by atoms with van der Waals surface area (Å²) in [6.45, 7) is 1.38. The van der Waals surface area contributed by atoms with Gasteiger partial charge in [0.2, 0.25) is 16.8 Å². The van der Waals surface area contributed by atoms with Crippen LogP contribution in [0.25, 0.3) is 0 Å². The van der Waals surface area contributed by atoms with E-state index in [0.29, 0.717) is 44.0 Å². The lowest BCUT2D eigenvalue weighted by atomic mass is 9.98. The summed E-state index contributed by atoms with van der Waals surface area (Å²) >= 11 is 0. The molecule has 10 nitrogen and oxygen atoms in total. The highest BCUT2D eigenvalue weighted by atomic mass is 32.2. The quantitative estimate of drug-likeness (QED) is 0.606. The van der Waals surface area contributed by atoms with E-state index in [1.807, 2.05) is 0 Å². The second-order valence-corrected chi connectivity index (χ2v) is 9.55. The maximum absolute atomic E-state index is 12.6. The summed E-state index contributed by atoms with van der Waals surface area (Å²) < 4.78 is 37.3. The van der Waals surface area contributed by atoms with Crippen LogP contribution in [0.2, 0.25) is 0 Å². The predicted octanol–water partition coefficient (Wildman–Crippen LogP) is 0.644. The number of aromatic nitrogens is 1. The summed E-state index contributed by atoms with van der Waals surface area (Å²) in [5.41, 5.74) is 0.789. The van der Waals surface area contributed by atoms with Gasteiger partial charge in [-0.3, -0.25) is 14.6 Å². The fourth-order valence-corrected chi connectivity index (χ4v) is 5.07.